The summed E-state index contributed by atoms with van der Waals surface area (Å²) in [4.78, 5) is 11.1. The molecule has 0 unspecified atom stereocenters. The molecule has 1 aromatic rings. The van der Waals surface area contributed by atoms with Crippen LogP contribution in [0.25, 0.3) is 0 Å². The van der Waals surface area contributed by atoms with Crippen LogP contribution in [-0.2, 0) is 11.0 Å². The highest BCUT2D eigenvalue weighted by Gasteiger charge is 2.29. The summed E-state index contributed by atoms with van der Waals surface area (Å²) in [5, 5.41) is 0. The van der Waals surface area contributed by atoms with E-state index in [2.05, 4.69) is 0 Å². The number of rotatable bonds is 5. The summed E-state index contributed by atoms with van der Waals surface area (Å²) in [6, 6.07) is 4.28. The Hall–Kier alpha value is -1.52. The van der Waals surface area contributed by atoms with Crippen molar-refractivity contribution in [2.45, 2.75) is 25.9 Å². The second kappa shape index (κ2) is 5.70. The minimum atomic E-state index is -4.35. The first-order valence-electron chi connectivity index (χ1n) is 5.25. The van der Waals surface area contributed by atoms with Crippen molar-refractivity contribution in [3.63, 3.8) is 0 Å². The van der Waals surface area contributed by atoms with Gasteiger partial charge in [-0.25, -0.2) is 0 Å². The van der Waals surface area contributed by atoms with Crippen LogP contribution in [0.15, 0.2) is 24.3 Å². The Kier molecular flexibility index (Phi) is 4.54. The van der Waals surface area contributed by atoms with E-state index < -0.39 is 11.7 Å². The molecule has 0 aliphatic heterocycles. The number of halogens is 3. The number of ether oxygens (including phenoxy) is 1. The molecule has 0 aliphatic carbocycles. The molecule has 0 saturated heterocycles. The van der Waals surface area contributed by atoms with E-state index in [9.17, 15) is 18.0 Å². The molecular formula is C12H13F3O2. The monoisotopic (exact) mass is 246 g/mol. The van der Waals surface area contributed by atoms with Crippen LogP contribution >= 0.6 is 0 Å². The van der Waals surface area contributed by atoms with E-state index in [1.165, 1.54) is 12.1 Å². The Morgan fingerprint density at radius 3 is 2.29 bits per heavy atom. The van der Waals surface area contributed by atoms with E-state index in [0.29, 0.717) is 6.42 Å². The lowest BCUT2D eigenvalue weighted by atomic mass is 10.2. The van der Waals surface area contributed by atoms with Gasteiger partial charge in [-0.15, -0.1) is 0 Å². The van der Waals surface area contributed by atoms with E-state index in [0.717, 1.165) is 18.6 Å². The highest BCUT2D eigenvalue weighted by molar-refractivity contribution is 5.79. The Morgan fingerprint density at radius 2 is 1.82 bits per heavy atom. The summed E-state index contributed by atoms with van der Waals surface area (Å²) >= 11 is 0. The molecule has 0 fully saturated rings. The molecule has 0 radical (unpaired) electrons. The number of hydrogen-bond acceptors (Lipinski definition) is 2. The molecular weight excluding hydrogens is 233 g/mol. The lowest BCUT2D eigenvalue weighted by Crippen LogP contribution is -2.10. The Bertz CT molecular complexity index is 368. The zero-order valence-electron chi connectivity index (χ0n) is 9.38. The molecule has 0 spiro atoms. The zero-order valence-corrected chi connectivity index (χ0v) is 9.38. The first-order valence-corrected chi connectivity index (χ1v) is 5.25. The average Bonchev–Trinajstić information content (AvgIpc) is 2.26. The summed E-state index contributed by atoms with van der Waals surface area (Å²) in [5.74, 6) is 0.204. The van der Waals surface area contributed by atoms with Crippen LogP contribution in [0.3, 0.4) is 0 Å². The number of hydrogen-bond donors (Lipinski definition) is 0. The van der Waals surface area contributed by atoms with Gasteiger partial charge in [0.05, 0.1) is 5.56 Å². The zero-order chi connectivity index (χ0) is 12.9. The van der Waals surface area contributed by atoms with Crippen molar-refractivity contribution in [2.75, 3.05) is 6.61 Å². The van der Waals surface area contributed by atoms with Gasteiger partial charge < -0.3 is 4.74 Å². The fourth-order valence-electron chi connectivity index (χ4n) is 1.25. The summed E-state index contributed by atoms with van der Waals surface area (Å²) in [7, 11) is 0. The van der Waals surface area contributed by atoms with Crippen LogP contribution < -0.4 is 4.74 Å². The van der Waals surface area contributed by atoms with Crippen LogP contribution in [-0.4, -0.2) is 12.4 Å². The summed E-state index contributed by atoms with van der Waals surface area (Å²) in [6.07, 6.45) is -3.20. The normalized spacial score (nSPS) is 11.3. The quantitative estimate of drug-likeness (QED) is 0.795. The predicted molar refractivity (Wildman–Crippen MR) is 56.9 cm³/mol. The molecule has 5 heteroatoms. The highest BCUT2D eigenvalue weighted by atomic mass is 19.4. The molecule has 1 aromatic carbocycles. The molecule has 0 N–H and O–H groups in total. The second-order valence-electron chi connectivity index (χ2n) is 3.60. The Balaban J connectivity index is 2.54. The van der Waals surface area contributed by atoms with E-state index >= 15 is 0 Å². The van der Waals surface area contributed by atoms with Gasteiger partial charge in [-0.1, -0.05) is 6.92 Å². The molecule has 0 bridgehead atoms. The summed E-state index contributed by atoms with van der Waals surface area (Å²) < 4.78 is 41.8. The maximum atomic E-state index is 12.2. The number of carbonyl (C=O) groups is 1. The number of ketones is 1. The Morgan fingerprint density at radius 1 is 1.24 bits per heavy atom. The van der Waals surface area contributed by atoms with Gasteiger partial charge in [0, 0.05) is 6.42 Å². The van der Waals surface area contributed by atoms with Crippen molar-refractivity contribution in [3.05, 3.63) is 29.8 Å². The van der Waals surface area contributed by atoms with Gasteiger partial charge in [-0.05, 0) is 30.7 Å². The van der Waals surface area contributed by atoms with Crippen LogP contribution in [0.5, 0.6) is 5.75 Å². The molecule has 0 amide bonds. The van der Waals surface area contributed by atoms with Gasteiger partial charge in [-0.3, -0.25) is 4.79 Å². The number of alkyl halides is 3. The highest BCUT2D eigenvalue weighted by Crippen LogP contribution is 2.30. The number of benzene rings is 1. The van der Waals surface area contributed by atoms with Crippen molar-refractivity contribution < 1.29 is 22.7 Å². The van der Waals surface area contributed by atoms with E-state index in [-0.39, 0.29) is 18.1 Å². The van der Waals surface area contributed by atoms with Crippen molar-refractivity contribution >= 4 is 5.78 Å². The lowest BCUT2D eigenvalue weighted by molar-refractivity contribution is -0.137. The third kappa shape index (κ3) is 4.46. The molecule has 2 nitrogen and oxygen atoms in total. The smallest absolute Gasteiger partial charge is 0.416 e. The number of Topliss-reactive ketones (excluding diaryl/α,β-unsaturated/α-hetero) is 1. The first-order chi connectivity index (χ1) is 7.93. The first kappa shape index (κ1) is 13.5. The second-order valence-corrected chi connectivity index (χ2v) is 3.60. The van der Waals surface area contributed by atoms with Gasteiger partial charge >= 0.3 is 6.18 Å². The lowest BCUT2D eigenvalue weighted by Gasteiger charge is -2.08. The fourth-order valence-corrected chi connectivity index (χ4v) is 1.25. The van der Waals surface area contributed by atoms with Crippen molar-refractivity contribution in [1.29, 1.82) is 0 Å². The van der Waals surface area contributed by atoms with E-state index in [1.54, 1.807) is 0 Å². The molecule has 0 aliphatic rings. The fraction of sp³-hybridized carbons (Fsp3) is 0.417. The molecule has 0 saturated carbocycles. The topological polar surface area (TPSA) is 26.3 Å². The average molecular weight is 246 g/mol. The van der Waals surface area contributed by atoms with Crippen molar-refractivity contribution in [3.8, 4) is 5.75 Å². The molecule has 0 atom stereocenters. The molecule has 17 heavy (non-hydrogen) atoms. The van der Waals surface area contributed by atoms with Crippen molar-refractivity contribution in [1.82, 2.24) is 0 Å². The maximum Gasteiger partial charge on any atom is 0.416 e. The SMILES string of the molecule is CCCC(=O)COc1ccc(C(F)(F)F)cc1. The van der Waals surface area contributed by atoms with Gasteiger partial charge in [0.25, 0.3) is 0 Å². The minimum Gasteiger partial charge on any atom is -0.486 e. The van der Waals surface area contributed by atoms with Crippen LogP contribution in [0.1, 0.15) is 25.3 Å². The summed E-state index contributed by atoms with van der Waals surface area (Å²) in [5.41, 5.74) is -0.732. The van der Waals surface area contributed by atoms with E-state index in [1.807, 2.05) is 6.92 Å². The van der Waals surface area contributed by atoms with Gasteiger partial charge in [0.2, 0.25) is 0 Å². The molecule has 0 aromatic heterocycles. The minimum absolute atomic E-state index is 0.0626. The molecule has 1 rings (SSSR count). The maximum absolute atomic E-state index is 12.2. The standard InChI is InChI=1S/C12H13F3O2/c1-2-3-10(16)8-17-11-6-4-9(5-7-11)12(13,14)15/h4-7H,2-3,8H2,1H3. The van der Waals surface area contributed by atoms with Crippen molar-refractivity contribution in [2.24, 2.45) is 0 Å². The predicted octanol–water partition coefficient (Wildman–Crippen LogP) is 3.45. The van der Waals surface area contributed by atoms with Crippen LogP contribution in [0.4, 0.5) is 13.2 Å². The third-order valence-corrected chi connectivity index (χ3v) is 2.11. The third-order valence-electron chi connectivity index (χ3n) is 2.11. The van der Waals surface area contributed by atoms with Gasteiger partial charge in [0.1, 0.15) is 12.4 Å². The van der Waals surface area contributed by atoms with E-state index in [4.69, 9.17) is 4.74 Å². The van der Waals surface area contributed by atoms with Crippen LogP contribution in [0.2, 0.25) is 0 Å². The summed E-state index contributed by atoms with van der Waals surface area (Å²) in [6.45, 7) is 1.77. The van der Waals surface area contributed by atoms with Gasteiger partial charge in [-0.2, -0.15) is 13.2 Å². The van der Waals surface area contributed by atoms with Gasteiger partial charge in [0.15, 0.2) is 5.78 Å². The largest absolute Gasteiger partial charge is 0.486 e. The molecule has 0 heterocycles. The Labute approximate surface area is 97.4 Å². The number of carbonyl (C=O) groups excluding carboxylic acids is 1. The van der Waals surface area contributed by atoms with Crippen LogP contribution in [0, 0.1) is 0 Å². The molecule has 94 valence electrons.